The van der Waals surface area contributed by atoms with Crippen LogP contribution in [0.3, 0.4) is 0 Å². The van der Waals surface area contributed by atoms with E-state index in [1.807, 2.05) is 12.1 Å². The second-order valence-electron chi connectivity index (χ2n) is 4.64. The third-order valence-electron chi connectivity index (χ3n) is 3.12. The zero-order valence-electron chi connectivity index (χ0n) is 12.5. The number of ether oxygens (including phenoxy) is 1. The van der Waals surface area contributed by atoms with Gasteiger partial charge >= 0.3 is 5.97 Å². The Balaban J connectivity index is 1.84. The van der Waals surface area contributed by atoms with Crippen molar-refractivity contribution >= 4 is 11.9 Å². The first-order valence-electron chi connectivity index (χ1n) is 6.83. The number of hydrogen-bond acceptors (Lipinski definition) is 5. The van der Waals surface area contributed by atoms with Gasteiger partial charge < -0.3 is 19.8 Å². The van der Waals surface area contributed by atoms with Gasteiger partial charge in [0, 0.05) is 19.2 Å². The predicted molar refractivity (Wildman–Crippen MR) is 80.4 cm³/mol. The largest absolute Gasteiger partial charge is 0.463 e. The van der Waals surface area contributed by atoms with E-state index in [0.29, 0.717) is 24.4 Å². The molecule has 0 bridgehead atoms. The van der Waals surface area contributed by atoms with Crippen LogP contribution in [0.15, 0.2) is 40.8 Å². The van der Waals surface area contributed by atoms with Crippen molar-refractivity contribution in [1.82, 2.24) is 10.6 Å². The Morgan fingerprint density at radius 1 is 1.09 bits per heavy atom. The van der Waals surface area contributed by atoms with Crippen molar-refractivity contribution in [3.8, 4) is 0 Å². The SMILES string of the molecule is CNC(=O)c1ccc(CNCc2ccc(C(=O)OC)o2)cc1. The molecule has 2 N–H and O–H groups in total. The fourth-order valence-corrected chi connectivity index (χ4v) is 1.93. The molecule has 1 aromatic heterocycles. The molecule has 0 unspecified atom stereocenters. The molecule has 0 fully saturated rings. The summed E-state index contributed by atoms with van der Waals surface area (Å²) in [7, 11) is 2.91. The van der Waals surface area contributed by atoms with Crippen LogP contribution in [-0.2, 0) is 17.8 Å². The van der Waals surface area contributed by atoms with E-state index in [1.165, 1.54) is 7.11 Å². The minimum absolute atomic E-state index is 0.106. The standard InChI is InChI=1S/C16H18N2O4/c1-17-15(19)12-5-3-11(4-6-12)9-18-10-13-7-8-14(22-13)16(20)21-2/h3-8,18H,9-10H2,1-2H3,(H,17,19). The Labute approximate surface area is 128 Å². The highest BCUT2D eigenvalue weighted by Gasteiger charge is 2.10. The van der Waals surface area contributed by atoms with Crippen molar-refractivity contribution in [3.05, 3.63) is 59.0 Å². The monoisotopic (exact) mass is 302 g/mol. The molecule has 0 atom stereocenters. The van der Waals surface area contributed by atoms with Gasteiger partial charge in [-0.05, 0) is 29.8 Å². The van der Waals surface area contributed by atoms with Gasteiger partial charge in [-0.2, -0.15) is 0 Å². The maximum Gasteiger partial charge on any atom is 0.373 e. The Morgan fingerprint density at radius 3 is 2.45 bits per heavy atom. The lowest BCUT2D eigenvalue weighted by molar-refractivity contribution is 0.0562. The second kappa shape index (κ2) is 7.42. The van der Waals surface area contributed by atoms with Crippen LogP contribution in [0, 0.1) is 0 Å². The Kier molecular flexibility index (Phi) is 5.32. The number of methoxy groups -OCH3 is 1. The van der Waals surface area contributed by atoms with Crippen LogP contribution in [-0.4, -0.2) is 26.0 Å². The molecule has 2 rings (SSSR count). The number of nitrogens with one attached hydrogen (secondary N) is 2. The van der Waals surface area contributed by atoms with E-state index in [4.69, 9.17) is 4.42 Å². The fraction of sp³-hybridized carbons (Fsp3) is 0.250. The molecule has 22 heavy (non-hydrogen) atoms. The molecule has 0 spiro atoms. The molecule has 0 aliphatic carbocycles. The van der Waals surface area contributed by atoms with Gasteiger partial charge in [-0.25, -0.2) is 4.79 Å². The van der Waals surface area contributed by atoms with Crippen LogP contribution in [0.5, 0.6) is 0 Å². The zero-order valence-corrected chi connectivity index (χ0v) is 12.5. The highest BCUT2D eigenvalue weighted by atomic mass is 16.5. The summed E-state index contributed by atoms with van der Waals surface area (Å²) in [4.78, 5) is 22.7. The Morgan fingerprint density at radius 2 is 1.82 bits per heavy atom. The first-order chi connectivity index (χ1) is 10.6. The number of hydrogen-bond donors (Lipinski definition) is 2. The van der Waals surface area contributed by atoms with Gasteiger partial charge in [0.1, 0.15) is 5.76 Å². The van der Waals surface area contributed by atoms with Crippen LogP contribution in [0.2, 0.25) is 0 Å². The summed E-state index contributed by atoms with van der Waals surface area (Å²) in [5.74, 6) is 0.248. The van der Waals surface area contributed by atoms with Crippen molar-refractivity contribution in [2.24, 2.45) is 0 Å². The maximum atomic E-state index is 11.4. The van der Waals surface area contributed by atoms with Gasteiger partial charge in [-0.15, -0.1) is 0 Å². The lowest BCUT2D eigenvalue weighted by atomic mass is 10.1. The minimum Gasteiger partial charge on any atom is -0.463 e. The second-order valence-corrected chi connectivity index (χ2v) is 4.64. The quantitative estimate of drug-likeness (QED) is 0.794. The summed E-state index contributed by atoms with van der Waals surface area (Å²) in [5, 5.41) is 5.78. The molecule has 6 heteroatoms. The lowest BCUT2D eigenvalue weighted by Gasteiger charge is -2.05. The molecule has 0 aliphatic rings. The molecule has 0 saturated heterocycles. The lowest BCUT2D eigenvalue weighted by Crippen LogP contribution is -2.18. The molecule has 6 nitrogen and oxygen atoms in total. The average molecular weight is 302 g/mol. The number of carbonyl (C=O) groups is 2. The van der Waals surface area contributed by atoms with Crippen molar-refractivity contribution < 1.29 is 18.7 Å². The fourth-order valence-electron chi connectivity index (χ4n) is 1.93. The molecule has 1 amide bonds. The summed E-state index contributed by atoms with van der Waals surface area (Å²) in [6.45, 7) is 1.12. The highest BCUT2D eigenvalue weighted by molar-refractivity contribution is 5.93. The van der Waals surface area contributed by atoms with Gasteiger partial charge in [0.05, 0.1) is 13.7 Å². The summed E-state index contributed by atoms with van der Waals surface area (Å²) >= 11 is 0. The number of benzene rings is 1. The van der Waals surface area contributed by atoms with Crippen molar-refractivity contribution in [2.75, 3.05) is 14.2 Å². The highest BCUT2D eigenvalue weighted by Crippen LogP contribution is 2.09. The molecule has 1 aromatic carbocycles. The number of carbonyl (C=O) groups excluding carboxylic acids is 2. The molecular formula is C16H18N2O4. The summed E-state index contributed by atoms with van der Waals surface area (Å²) in [6.07, 6.45) is 0. The van der Waals surface area contributed by atoms with E-state index < -0.39 is 5.97 Å². The van der Waals surface area contributed by atoms with Gasteiger partial charge in [0.2, 0.25) is 5.76 Å². The Hall–Kier alpha value is -2.60. The molecule has 116 valence electrons. The first kappa shape index (κ1) is 15.8. The third kappa shape index (κ3) is 3.95. The summed E-state index contributed by atoms with van der Waals surface area (Å²) < 4.78 is 9.93. The van der Waals surface area contributed by atoms with E-state index >= 15 is 0 Å². The van der Waals surface area contributed by atoms with Gasteiger partial charge in [0.15, 0.2) is 0 Å². The van der Waals surface area contributed by atoms with E-state index in [1.54, 1.807) is 31.3 Å². The van der Waals surface area contributed by atoms with E-state index in [2.05, 4.69) is 15.4 Å². The maximum absolute atomic E-state index is 11.4. The molecule has 1 heterocycles. The molecule has 0 aliphatic heterocycles. The van der Waals surface area contributed by atoms with Gasteiger partial charge in [-0.3, -0.25) is 4.79 Å². The smallest absolute Gasteiger partial charge is 0.373 e. The summed E-state index contributed by atoms with van der Waals surface area (Å²) in [5.41, 5.74) is 1.67. The van der Waals surface area contributed by atoms with Crippen LogP contribution in [0.25, 0.3) is 0 Å². The first-order valence-corrected chi connectivity index (χ1v) is 6.83. The summed E-state index contributed by atoms with van der Waals surface area (Å²) in [6, 6.07) is 10.6. The molecule has 0 saturated carbocycles. The third-order valence-corrected chi connectivity index (χ3v) is 3.12. The topological polar surface area (TPSA) is 80.6 Å². The number of rotatable bonds is 6. The predicted octanol–water partition coefficient (Wildman–Crippen LogP) is 1.72. The van der Waals surface area contributed by atoms with Crippen LogP contribution >= 0.6 is 0 Å². The molecular weight excluding hydrogens is 284 g/mol. The van der Waals surface area contributed by atoms with Gasteiger partial charge in [0.25, 0.3) is 5.91 Å². The Bertz CT molecular complexity index is 646. The van der Waals surface area contributed by atoms with Crippen LogP contribution in [0.4, 0.5) is 0 Å². The average Bonchev–Trinajstić information content (AvgIpc) is 3.03. The van der Waals surface area contributed by atoms with E-state index in [-0.39, 0.29) is 11.7 Å². The van der Waals surface area contributed by atoms with Crippen molar-refractivity contribution in [3.63, 3.8) is 0 Å². The number of esters is 1. The molecule has 2 aromatic rings. The van der Waals surface area contributed by atoms with E-state index in [9.17, 15) is 9.59 Å². The van der Waals surface area contributed by atoms with Crippen LogP contribution < -0.4 is 10.6 Å². The minimum atomic E-state index is -0.490. The zero-order chi connectivity index (χ0) is 15.9. The number of furan rings is 1. The van der Waals surface area contributed by atoms with Crippen molar-refractivity contribution in [1.29, 1.82) is 0 Å². The van der Waals surface area contributed by atoms with E-state index in [0.717, 1.165) is 5.56 Å². The molecule has 0 radical (unpaired) electrons. The van der Waals surface area contributed by atoms with Crippen LogP contribution in [0.1, 0.15) is 32.2 Å². The van der Waals surface area contributed by atoms with Crippen molar-refractivity contribution in [2.45, 2.75) is 13.1 Å². The normalized spacial score (nSPS) is 10.3. The van der Waals surface area contributed by atoms with Gasteiger partial charge in [-0.1, -0.05) is 12.1 Å². The number of amides is 1.